The number of furan rings is 1. The molecule has 0 amide bonds. The van der Waals surface area contributed by atoms with Crippen LogP contribution in [0.4, 0.5) is 0 Å². The van der Waals surface area contributed by atoms with Gasteiger partial charge in [0.2, 0.25) is 0 Å². The molecule has 0 saturated carbocycles. The monoisotopic (exact) mass is 633 g/mol. The number of amidine groups is 2. The van der Waals surface area contributed by atoms with Crippen molar-refractivity contribution >= 4 is 75.9 Å². The Morgan fingerprint density at radius 3 is 2.08 bits per heavy atom. The second-order valence-electron chi connectivity index (χ2n) is 12.2. The number of rotatable bonds is 4. The summed E-state index contributed by atoms with van der Waals surface area (Å²) in [6.45, 7) is 0. The van der Waals surface area contributed by atoms with E-state index in [9.17, 15) is 0 Å². The van der Waals surface area contributed by atoms with Gasteiger partial charge < -0.3 is 9.73 Å². The number of hydrogen-bond acceptors (Lipinski definition) is 5. The summed E-state index contributed by atoms with van der Waals surface area (Å²) in [5.74, 6) is 1.61. The molecule has 9 aromatic rings. The van der Waals surface area contributed by atoms with Crippen molar-refractivity contribution < 1.29 is 4.42 Å². The Hall–Kier alpha value is -6.04. The van der Waals surface area contributed by atoms with Crippen LogP contribution in [0.3, 0.4) is 0 Å². The van der Waals surface area contributed by atoms with Crippen LogP contribution in [0.25, 0.3) is 64.0 Å². The van der Waals surface area contributed by atoms with Crippen LogP contribution in [-0.4, -0.2) is 11.7 Å². The normalized spacial score (nSPS) is 14.9. The maximum absolute atomic E-state index is 6.17. The van der Waals surface area contributed by atoms with Crippen molar-refractivity contribution in [2.45, 2.75) is 6.17 Å². The first-order chi connectivity index (χ1) is 23.7. The lowest BCUT2D eigenvalue weighted by molar-refractivity contribution is 0.669. The Labute approximate surface area is 280 Å². The van der Waals surface area contributed by atoms with Gasteiger partial charge in [0.25, 0.3) is 0 Å². The molecule has 0 fully saturated rings. The summed E-state index contributed by atoms with van der Waals surface area (Å²) in [5, 5.41) is 10.8. The van der Waals surface area contributed by atoms with Crippen LogP contribution in [0.1, 0.15) is 22.9 Å². The highest BCUT2D eigenvalue weighted by atomic mass is 32.1. The molecule has 0 spiro atoms. The van der Waals surface area contributed by atoms with Crippen molar-refractivity contribution in [3.63, 3.8) is 0 Å². The third kappa shape index (κ3) is 4.43. The minimum absolute atomic E-state index is 0.392. The summed E-state index contributed by atoms with van der Waals surface area (Å²) < 4.78 is 8.73. The standard InChI is InChI=1S/C43H27N3OS/c1-2-9-29-24-30(21-16-26(29)8-1)42-44-41(45-43(46-42)31-22-23-39-35(25-31)33-10-4-6-15-38(33)48-39)28-19-17-27(18-20-28)32-12-7-14-37-40(32)34-11-3-5-13-36(34)47-37/h1-25,43H,(H,44,45,46). The lowest BCUT2D eigenvalue weighted by atomic mass is 9.98. The van der Waals surface area contributed by atoms with E-state index in [-0.39, 0.29) is 0 Å². The molecule has 0 radical (unpaired) electrons. The minimum atomic E-state index is -0.392. The molecule has 10 rings (SSSR count). The van der Waals surface area contributed by atoms with Crippen LogP contribution < -0.4 is 5.32 Å². The Kier molecular flexibility index (Phi) is 6.08. The first-order valence-corrected chi connectivity index (χ1v) is 16.9. The van der Waals surface area contributed by atoms with Crippen molar-refractivity contribution in [2.75, 3.05) is 0 Å². The van der Waals surface area contributed by atoms with Crippen LogP contribution >= 0.6 is 11.3 Å². The maximum atomic E-state index is 6.17. The number of nitrogens with one attached hydrogen (secondary N) is 1. The number of benzene rings is 7. The third-order valence-electron chi connectivity index (χ3n) is 9.33. The highest BCUT2D eigenvalue weighted by molar-refractivity contribution is 7.25. The molecule has 226 valence electrons. The Morgan fingerprint density at radius 1 is 0.500 bits per heavy atom. The summed E-state index contributed by atoms with van der Waals surface area (Å²) in [7, 11) is 0. The van der Waals surface area contributed by atoms with Crippen molar-refractivity contribution in [1.82, 2.24) is 5.32 Å². The fourth-order valence-corrected chi connectivity index (χ4v) is 8.04. The van der Waals surface area contributed by atoms with Crippen molar-refractivity contribution in [2.24, 2.45) is 9.98 Å². The van der Waals surface area contributed by atoms with Gasteiger partial charge in [-0.2, -0.15) is 0 Å². The fourth-order valence-electron chi connectivity index (χ4n) is 6.96. The number of hydrogen-bond donors (Lipinski definition) is 1. The highest BCUT2D eigenvalue weighted by Crippen LogP contribution is 2.38. The number of aliphatic imine (C=N–C) groups is 2. The van der Waals surface area contributed by atoms with Crippen LogP contribution in [0, 0.1) is 0 Å². The molecule has 0 bridgehead atoms. The van der Waals surface area contributed by atoms with E-state index in [2.05, 4.69) is 139 Å². The zero-order valence-electron chi connectivity index (χ0n) is 25.7. The van der Waals surface area contributed by atoms with Crippen LogP contribution in [-0.2, 0) is 0 Å². The molecular weight excluding hydrogens is 607 g/mol. The van der Waals surface area contributed by atoms with E-state index in [1.807, 2.05) is 29.5 Å². The fraction of sp³-hybridized carbons (Fsp3) is 0.0233. The molecule has 48 heavy (non-hydrogen) atoms. The summed E-state index contributed by atoms with van der Waals surface area (Å²) in [5.41, 5.74) is 7.17. The first kappa shape index (κ1) is 27.1. The lowest BCUT2D eigenvalue weighted by Crippen LogP contribution is -2.36. The molecule has 1 aliphatic rings. The van der Waals surface area contributed by atoms with Gasteiger partial charge in [0.1, 0.15) is 22.8 Å². The van der Waals surface area contributed by atoms with Crippen molar-refractivity contribution in [3.05, 3.63) is 168 Å². The summed E-state index contributed by atoms with van der Waals surface area (Å²) in [4.78, 5) is 10.4. The molecule has 4 nitrogen and oxygen atoms in total. The molecule has 1 aliphatic heterocycles. The van der Waals surface area contributed by atoms with Gasteiger partial charge in [-0.25, -0.2) is 9.98 Å². The van der Waals surface area contributed by atoms with Gasteiger partial charge in [-0.3, -0.25) is 0 Å². The van der Waals surface area contributed by atoms with E-state index in [4.69, 9.17) is 14.4 Å². The Morgan fingerprint density at radius 2 is 1.19 bits per heavy atom. The van der Waals surface area contributed by atoms with Gasteiger partial charge in [-0.15, -0.1) is 11.3 Å². The molecule has 0 saturated heterocycles. The second-order valence-corrected chi connectivity index (χ2v) is 13.3. The number of thiophene rings is 1. The summed E-state index contributed by atoms with van der Waals surface area (Å²) >= 11 is 1.82. The molecule has 1 unspecified atom stereocenters. The zero-order chi connectivity index (χ0) is 31.6. The second kappa shape index (κ2) is 10.8. The van der Waals surface area contributed by atoms with Crippen LogP contribution in [0.5, 0.6) is 0 Å². The van der Waals surface area contributed by atoms with Crippen molar-refractivity contribution in [3.8, 4) is 11.1 Å². The van der Waals surface area contributed by atoms with Gasteiger partial charge in [0, 0.05) is 42.1 Å². The number of fused-ring (bicyclic) bond motifs is 7. The predicted molar refractivity (Wildman–Crippen MR) is 201 cm³/mol. The number of nitrogens with zero attached hydrogens (tertiary/aromatic N) is 2. The molecule has 3 heterocycles. The van der Waals surface area contributed by atoms with Crippen molar-refractivity contribution in [1.29, 1.82) is 0 Å². The van der Waals surface area contributed by atoms with Gasteiger partial charge in [-0.1, -0.05) is 115 Å². The molecule has 2 aromatic heterocycles. The van der Waals surface area contributed by atoms with E-state index < -0.39 is 6.17 Å². The highest BCUT2D eigenvalue weighted by Gasteiger charge is 2.22. The van der Waals surface area contributed by atoms with Gasteiger partial charge in [0.05, 0.1) is 0 Å². The Balaban J connectivity index is 1.08. The maximum Gasteiger partial charge on any atom is 0.169 e. The average molecular weight is 634 g/mol. The smallest absolute Gasteiger partial charge is 0.169 e. The Bertz CT molecular complexity index is 2770. The zero-order valence-corrected chi connectivity index (χ0v) is 26.5. The predicted octanol–water partition coefficient (Wildman–Crippen LogP) is 11.3. The SMILES string of the molecule is c1ccc2cc(C3=NC(c4ccc5sc6ccccc6c5c4)N=C(c4ccc(-c5cccc6oc7ccccc7c56)cc4)N3)ccc2c1. The third-order valence-corrected chi connectivity index (χ3v) is 10.5. The van der Waals surface area contributed by atoms with E-state index in [0.29, 0.717) is 0 Å². The van der Waals surface area contributed by atoms with E-state index in [1.165, 1.54) is 30.9 Å². The quantitative estimate of drug-likeness (QED) is 0.210. The van der Waals surface area contributed by atoms with Gasteiger partial charge >= 0.3 is 0 Å². The average Bonchev–Trinajstić information content (AvgIpc) is 3.73. The van der Waals surface area contributed by atoms with E-state index in [1.54, 1.807) is 0 Å². The van der Waals surface area contributed by atoms with Gasteiger partial charge in [0.15, 0.2) is 6.17 Å². The summed E-state index contributed by atoms with van der Waals surface area (Å²) in [6, 6.07) is 53.4. The molecular formula is C43H27N3OS. The van der Waals surface area contributed by atoms with E-state index >= 15 is 0 Å². The number of para-hydroxylation sites is 1. The molecule has 0 aliphatic carbocycles. The largest absolute Gasteiger partial charge is 0.456 e. The van der Waals surface area contributed by atoms with Crippen LogP contribution in [0.15, 0.2) is 166 Å². The molecule has 1 atom stereocenters. The van der Waals surface area contributed by atoms with Gasteiger partial charge in [-0.05, 0) is 63.9 Å². The molecule has 7 aromatic carbocycles. The lowest BCUT2D eigenvalue weighted by Gasteiger charge is -2.23. The molecule has 1 N–H and O–H groups in total. The van der Waals surface area contributed by atoms with E-state index in [0.717, 1.165) is 61.4 Å². The topological polar surface area (TPSA) is 49.9 Å². The van der Waals surface area contributed by atoms with Crippen LogP contribution in [0.2, 0.25) is 0 Å². The summed E-state index contributed by atoms with van der Waals surface area (Å²) in [6.07, 6.45) is -0.392. The first-order valence-electron chi connectivity index (χ1n) is 16.1. The molecule has 5 heteroatoms. The minimum Gasteiger partial charge on any atom is -0.456 e.